The molecule has 1 aromatic carbocycles. The Bertz CT molecular complexity index is 715. The van der Waals surface area contributed by atoms with Crippen molar-refractivity contribution in [2.75, 3.05) is 5.73 Å². The number of H-pyrrole nitrogens is 1. The van der Waals surface area contributed by atoms with Crippen molar-refractivity contribution in [3.8, 4) is 0 Å². The number of benzene rings is 1. The molecular weight excluding hydrogens is 346 g/mol. The summed E-state index contributed by atoms with van der Waals surface area (Å²) in [6.07, 6.45) is 1.32. The van der Waals surface area contributed by atoms with E-state index in [-0.39, 0.29) is 4.90 Å². The minimum absolute atomic E-state index is 0.143. The number of aryl methyl sites for hydroxylation is 1. The molecule has 4 N–H and O–H groups in total. The summed E-state index contributed by atoms with van der Waals surface area (Å²) in [5.41, 5.74) is 6.71. The number of hydrogen-bond donors (Lipinski definition) is 3. The standard InChI is InChI=1S/C11H14BrN5O2S/c1-6-3-8(12)9(13)4-10(6)20(18,19)17-7(2)11-14-5-15-16-11/h3-5,7,17H,13H2,1-2H3,(H,14,15,16). The highest BCUT2D eigenvalue weighted by Gasteiger charge is 2.22. The second kappa shape index (κ2) is 5.51. The minimum atomic E-state index is -3.69. The summed E-state index contributed by atoms with van der Waals surface area (Å²) in [4.78, 5) is 4.07. The third-order valence-electron chi connectivity index (χ3n) is 2.76. The number of aromatic nitrogens is 3. The van der Waals surface area contributed by atoms with Crippen LogP contribution in [0.25, 0.3) is 0 Å². The summed E-state index contributed by atoms with van der Waals surface area (Å²) >= 11 is 3.27. The maximum Gasteiger partial charge on any atom is 0.241 e. The third kappa shape index (κ3) is 3.00. The van der Waals surface area contributed by atoms with Crippen LogP contribution in [0.1, 0.15) is 24.4 Å². The first-order valence-corrected chi connectivity index (χ1v) is 8.02. The smallest absolute Gasteiger partial charge is 0.241 e. The summed E-state index contributed by atoms with van der Waals surface area (Å²) in [6, 6.07) is 2.57. The maximum absolute atomic E-state index is 12.4. The lowest BCUT2D eigenvalue weighted by molar-refractivity contribution is 0.560. The monoisotopic (exact) mass is 359 g/mol. The predicted octanol–water partition coefficient (Wildman–Crippen LogP) is 1.50. The van der Waals surface area contributed by atoms with Gasteiger partial charge in [0.05, 0.1) is 10.9 Å². The molecule has 0 saturated carbocycles. The minimum Gasteiger partial charge on any atom is -0.398 e. The zero-order valence-electron chi connectivity index (χ0n) is 10.9. The molecule has 1 aromatic heterocycles. The van der Waals surface area contributed by atoms with Crippen molar-refractivity contribution in [3.05, 3.63) is 34.3 Å². The van der Waals surface area contributed by atoms with E-state index in [0.717, 1.165) is 0 Å². The topological polar surface area (TPSA) is 114 Å². The van der Waals surface area contributed by atoms with Crippen LogP contribution in [-0.4, -0.2) is 23.6 Å². The highest BCUT2D eigenvalue weighted by Crippen LogP contribution is 2.27. The fourth-order valence-corrected chi connectivity index (χ4v) is 3.66. The van der Waals surface area contributed by atoms with Crippen LogP contribution in [0, 0.1) is 6.92 Å². The molecule has 9 heteroatoms. The van der Waals surface area contributed by atoms with Gasteiger partial charge in [0.2, 0.25) is 10.0 Å². The van der Waals surface area contributed by atoms with Crippen LogP contribution >= 0.6 is 15.9 Å². The Kier molecular flexibility index (Phi) is 4.11. The number of halogens is 1. The molecule has 0 saturated heterocycles. The van der Waals surface area contributed by atoms with Crippen LogP contribution in [0.2, 0.25) is 0 Å². The Morgan fingerprint density at radius 2 is 2.15 bits per heavy atom. The number of anilines is 1. The van der Waals surface area contributed by atoms with Gasteiger partial charge in [-0.3, -0.25) is 5.10 Å². The van der Waals surface area contributed by atoms with Gasteiger partial charge >= 0.3 is 0 Å². The van der Waals surface area contributed by atoms with Crippen LogP contribution < -0.4 is 10.5 Å². The highest BCUT2D eigenvalue weighted by molar-refractivity contribution is 9.10. The fraction of sp³-hybridized carbons (Fsp3) is 0.273. The van der Waals surface area contributed by atoms with Crippen molar-refractivity contribution >= 4 is 31.6 Å². The van der Waals surface area contributed by atoms with Crippen LogP contribution in [0.5, 0.6) is 0 Å². The summed E-state index contributed by atoms with van der Waals surface area (Å²) < 4.78 is 28.0. The van der Waals surface area contributed by atoms with Crippen LogP contribution in [0.3, 0.4) is 0 Å². The summed E-state index contributed by atoms with van der Waals surface area (Å²) in [5.74, 6) is 0.441. The van der Waals surface area contributed by atoms with E-state index in [1.165, 1.54) is 12.4 Å². The number of nitrogens with one attached hydrogen (secondary N) is 2. The molecule has 0 spiro atoms. The van der Waals surface area contributed by atoms with Crippen molar-refractivity contribution in [1.29, 1.82) is 0 Å². The molecule has 7 nitrogen and oxygen atoms in total. The van der Waals surface area contributed by atoms with Crippen molar-refractivity contribution < 1.29 is 8.42 Å². The van der Waals surface area contributed by atoms with Gasteiger partial charge in [-0.25, -0.2) is 18.1 Å². The number of nitrogens with zero attached hydrogens (tertiary/aromatic N) is 2. The summed E-state index contributed by atoms with van der Waals surface area (Å²) in [5, 5.41) is 6.32. The molecule has 0 fully saturated rings. The average molecular weight is 360 g/mol. The quantitative estimate of drug-likeness (QED) is 0.715. The number of rotatable bonds is 4. The number of aromatic amines is 1. The molecule has 2 rings (SSSR count). The predicted molar refractivity (Wildman–Crippen MR) is 78.4 cm³/mol. The van der Waals surface area contributed by atoms with Gasteiger partial charge in [-0.2, -0.15) is 5.10 Å². The SMILES string of the molecule is Cc1cc(Br)c(N)cc1S(=O)(=O)NC(C)c1ncn[nH]1. The van der Waals surface area contributed by atoms with Gasteiger partial charge in [0, 0.05) is 10.2 Å². The molecule has 1 unspecified atom stereocenters. The van der Waals surface area contributed by atoms with Gasteiger partial charge in [0.1, 0.15) is 12.2 Å². The third-order valence-corrected chi connectivity index (χ3v) is 5.13. The summed E-state index contributed by atoms with van der Waals surface area (Å²) in [7, 11) is -3.69. The fourth-order valence-electron chi connectivity index (χ4n) is 1.73. The van der Waals surface area contributed by atoms with Crippen molar-refractivity contribution in [2.45, 2.75) is 24.8 Å². The van der Waals surface area contributed by atoms with Gasteiger partial charge in [0.15, 0.2) is 0 Å². The lowest BCUT2D eigenvalue weighted by atomic mass is 10.2. The lowest BCUT2D eigenvalue weighted by Gasteiger charge is -2.14. The molecule has 0 aliphatic carbocycles. The summed E-state index contributed by atoms with van der Waals surface area (Å²) in [6.45, 7) is 3.38. The van der Waals surface area contributed by atoms with Gasteiger partial charge in [0.25, 0.3) is 0 Å². The number of nitrogens with two attached hydrogens (primary N) is 1. The number of hydrogen-bond acceptors (Lipinski definition) is 5. The van der Waals surface area contributed by atoms with E-state index < -0.39 is 16.1 Å². The van der Waals surface area contributed by atoms with E-state index in [2.05, 4.69) is 35.8 Å². The Labute approximate surface area is 125 Å². The van der Waals surface area contributed by atoms with Crippen molar-refractivity contribution in [3.63, 3.8) is 0 Å². The lowest BCUT2D eigenvalue weighted by Crippen LogP contribution is -2.28. The first-order chi connectivity index (χ1) is 9.31. The van der Waals surface area contributed by atoms with Gasteiger partial charge in [-0.05, 0) is 47.5 Å². The molecule has 0 bridgehead atoms. The van der Waals surface area contributed by atoms with E-state index in [9.17, 15) is 8.42 Å². The Morgan fingerprint density at radius 3 is 2.75 bits per heavy atom. The molecule has 0 radical (unpaired) electrons. The largest absolute Gasteiger partial charge is 0.398 e. The molecule has 0 aliphatic rings. The Balaban J connectivity index is 2.34. The number of nitrogen functional groups attached to an aromatic ring is 1. The van der Waals surface area contributed by atoms with E-state index in [4.69, 9.17) is 5.73 Å². The molecule has 108 valence electrons. The van der Waals surface area contributed by atoms with Crippen LogP contribution in [0.4, 0.5) is 5.69 Å². The maximum atomic E-state index is 12.4. The highest BCUT2D eigenvalue weighted by atomic mass is 79.9. The molecule has 0 aliphatic heterocycles. The molecular formula is C11H14BrN5O2S. The molecule has 20 heavy (non-hydrogen) atoms. The van der Waals surface area contributed by atoms with E-state index >= 15 is 0 Å². The average Bonchev–Trinajstić information content (AvgIpc) is 2.86. The molecule has 1 heterocycles. The van der Waals surface area contributed by atoms with Gasteiger partial charge in [-0.1, -0.05) is 0 Å². The Hall–Kier alpha value is -1.45. The van der Waals surface area contributed by atoms with E-state index in [1.54, 1.807) is 19.9 Å². The van der Waals surface area contributed by atoms with Crippen molar-refractivity contribution in [1.82, 2.24) is 19.9 Å². The molecule has 2 aromatic rings. The van der Waals surface area contributed by atoms with Crippen molar-refractivity contribution in [2.24, 2.45) is 0 Å². The normalized spacial score (nSPS) is 13.3. The first-order valence-electron chi connectivity index (χ1n) is 5.74. The van der Waals surface area contributed by atoms with Gasteiger partial charge in [-0.15, -0.1) is 0 Å². The number of sulfonamides is 1. The second-order valence-corrected chi connectivity index (χ2v) is 6.89. The van der Waals surface area contributed by atoms with Crippen LogP contribution in [-0.2, 0) is 10.0 Å². The van der Waals surface area contributed by atoms with Gasteiger partial charge < -0.3 is 5.73 Å². The molecule has 0 amide bonds. The Morgan fingerprint density at radius 1 is 1.45 bits per heavy atom. The van der Waals surface area contributed by atoms with Crippen LogP contribution in [0.15, 0.2) is 27.8 Å². The first kappa shape index (κ1) is 14.9. The van der Waals surface area contributed by atoms with E-state index in [1.807, 2.05) is 0 Å². The zero-order valence-corrected chi connectivity index (χ0v) is 13.3. The second-order valence-electron chi connectivity index (χ2n) is 4.35. The molecule has 1 atom stereocenters. The zero-order chi connectivity index (χ0) is 14.9. The van der Waals surface area contributed by atoms with E-state index in [0.29, 0.717) is 21.5 Å².